The number of benzene rings is 1. The van der Waals surface area contributed by atoms with E-state index >= 15 is 0 Å². The molecule has 112 valence electrons. The van der Waals surface area contributed by atoms with Crippen LogP contribution >= 0.6 is 15.9 Å². The van der Waals surface area contributed by atoms with Gasteiger partial charge in [0.15, 0.2) is 6.10 Å². The maximum absolute atomic E-state index is 12.0. The zero-order chi connectivity index (χ0) is 15.3. The first-order valence-electron chi connectivity index (χ1n) is 6.64. The number of nitrogens with one attached hydrogen (secondary N) is 2. The summed E-state index contributed by atoms with van der Waals surface area (Å²) in [6.45, 7) is 8.33. The highest BCUT2D eigenvalue weighted by atomic mass is 79.9. The van der Waals surface area contributed by atoms with Crippen LogP contribution in [0.25, 0.3) is 0 Å². The highest BCUT2D eigenvalue weighted by molar-refractivity contribution is 9.10. The molecule has 0 heterocycles. The van der Waals surface area contributed by atoms with Gasteiger partial charge in [0.25, 0.3) is 5.91 Å². The predicted octanol–water partition coefficient (Wildman–Crippen LogP) is 2.85. The average molecular weight is 343 g/mol. The van der Waals surface area contributed by atoms with E-state index in [1.54, 1.807) is 6.92 Å². The Labute approximate surface area is 129 Å². The van der Waals surface area contributed by atoms with Gasteiger partial charge in [-0.1, -0.05) is 15.9 Å². The van der Waals surface area contributed by atoms with Crippen LogP contribution in [0, 0.1) is 0 Å². The van der Waals surface area contributed by atoms with Crippen molar-refractivity contribution in [2.75, 3.05) is 7.05 Å². The van der Waals surface area contributed by atoms with E-state index in [0.717, 1.165) is 16.6 Å². The van der Waals surface area contributed by atoms with Crippen molar-refractivity contribution in [2.45, 2.75) is 45.9 Å². The molecule has 0 saturated heterocycles. The maximum Gasteiger partial charge on any atom is 0.261 e. The first kappa shape index (κ1) is 17.0. The van der Waals surface area contributed by atoms with E-state index in [9.17, 15) is 4.79 Å². The van der Waals surface area contributed by atoms with Gasteiger partial charge in [0.05, 0.1) is 0 Å². The number of carbonyl (C=O) groups is 1. The van der Waals surface area contributed by atoms with Crippen molar-refractivity contribution in [1.82, 2.24) is 10.6 Å². The van der Waals surface area contributed by atoms with Crippen LogP contribution < -0.4 is 15.4 Å². The minimum Gasteiger partial charge on any atom is -0.481 e. The molecule has 0 aliphatic carbocycles. The first-order chi connectivity index (χ1) is 9.23. The third kappa shape index (κ3) is 5.51. The highest BCUT2D eigenvalue weighted by Crippen LogP contribution is 2.23. The Hall–Kier alpha value is -1.07. The SMILES string of the molecule is CNCc1cc(OC(C)C(=O)NC(C)(C)C)ccc1Br. The predicted molar refractivity (Wildman–Crippen MR) is 84.9 cm³/mol. The van der Waals surface area contributed by atoms with Crippen LogP contribution in [0.1, 0.15) is 33.3 Å². The molecule has 0 radical (unpaired) electrons. The Bertz CT molecular complexity index is 469. The smallest absolute Gasteiger partial charge is 0.261 e. The number of amides is 1. The topological polar surface area (TPSA) is 50.4 Å². The van der Waals surface area contributed by atoms with Crippen LogP contribution in [0.2, 0.25) is 0 Å². The van der Waals surface area contributed by atoms with E-state index in [1.807, 2.05) is 46.0 Å². The van der Waals surface area contributed by atoms with Crippen molar-refractivity contribution >= 4 is 21.8 Å². The van der Waals surface area contributed by atoms with Crippen molar-refractivity contribution in [3.63, 3.8) is 0 Å². The summed E-state index contributed by atoms with van der Waals surface area (Å²) in [5, 5.41) is 6.00. The van der Waals surface area contributed by atoms with Crippen molar-refractivity contribution in [3.05, 3.63) is 28.2 Å². The van der Waals surface area contributed by atoms with Gasteiger partial charge in [0.2, 0.25) is 0 Å². The second-order valence-corrected chi connectivity index (χ2v) is 6.64. The van der Waals surface area contributed by atoms with E-state index in [2.05, 4.69) is 26.6 Å². The van der Waals surface area contributed by atoms with Gasteiger partial charge in [-0.05, 0) is 58.5 Å². The lowest BCUT2D eigenvalue weighted by Crippen LogP contribution is -2.46. The normalized spacial score (nSPS) is 12.9. The quantitative estimate of drug-likeness (QED) is 0.864. The van der Waals surface area contributed by atoms with Gasteiger partial charge in [-0.2, -0.15) is 0 Å². The summed E-state index contributed by atoms with van der Waals surface area (Å²) in [6.07, 6.45) is -0.530. The van der Waals surface area contributed by atoms with Gasteiger partial charge in [-0.25, -0.2) is 0 Å². The molecule has 5 heteroatoms. The summed E-state index contributed by atoms with van der Waals surface area (Å²) < 4.78 is 6.72. The number of rotatable bonds is 5. The maximum atomic E-state index is 12.0. The Morgan fingerprint density at radius 1 is 1.40 bits per heavy atom. The minimum atomic E-state index is -0.530. The Kier molecular flexibility index (Phi) is 6.02. The molecule has 0 aliphatic rings. The summed E-state index contributed by atoms with van der Waals surface area (Å²) in [5.74, 6) is 0.575. The molecule has 20 heavy (non-hydrogen) atoms. The fourth-order valence-corrected chi connectivity index (χ4v) is 2.07. The first-order valence-corrected chi connectivity index (χ1v) is 7.44. The minimum absolute atomic E-state index is 0.115. The van der Waals surface area contributed by atoms with Crippen LogP contribution in [0.3, 0.4) is 0 Å². The monoisotopic (exact) mass is 342 g/mol. The zero-order valence-electron chi connectivity index (χ0n) is 12.7. The van der Waals surface area contributed by atoms with Crippen LogP contribution in [-0.4, -0.2) is 24.6 Å². The van der Waals surface area contributed by atoms with Gasteiger partial charge in [-0.15, -0.1) is 0 Å². The fourth-order valence-electron chi connectivity index (χ4n) is 1.68. The number of hydrogen-bond acceptors (Lipinski definition) is 3. The molecule has 1 aromatic carbocycles. The molecule has 1 amide bonds. The van der Waals surface area contributed by atoms with Crippen LogP contribution in [0.4, 0.5) is 0 Å². The molecule has 1 rings (SSSR count). The summed E-state index contributed by atoms with van der Waals surface area (Å²) in [4.78, 5) is 12.0. The molecule has 0 bridgehead atoms. The van der Waals surface area contributed by atoms with E-state index in [-0.39, 0.29) is 11.4 Å². The molecule has 0 aromatic heterocycles. The molecule has 1 unspecified atom stereocenters. The van der Waals surface area contributed by atoms with Crippen molar-refractivity contribution in [1.29, 1.82) is 0 Å². The molecule has 4 nitrogen and oxygen atoms in total. The van der Waals surface area contributed by atoms with Crippen LogP contribution in [-0.2, 0) is 11.3 Å². The van der Waals surface area contributed by atoms with Gasteiger partial charge in [0.1, 0.15) is 5.75 Å². The number of ether oxygens (including phenoxy) is 1. The average Bonchev–Trinajstić information content (AvgIpc) is 2.31. The second-order valence-electron chi connectivity index (χ2n) is 5.78. The number of halogens is 1. The molecule has 0 spiro atoms. The summed E-state index contributed by atoms with van der Waals surface area (Å²) in [5.41, 5.74) is 0.833. The summed E-state index contributed by atoms with van der Waals surface area (Å²) >= 11 is 3.49. The van der Waals surface area contributed by atoms with Gasteiger partial charge >= 0.3 is 0 Å². The fraction of sp³-hybridized carbons (Fsp3) is 0.533. The van der Waals surface area contributed by atoms with Crippen molar-refractivity contribution in [2.24, 2.45) is 0 Å². The lowest BCUT2D eigenvalue weighted by molar-refractivity contribution is -0.128. The Morgan fingerprint density at radius 3 is 2.60 bits per heavy atom. The molecule has 0 saturated carbocycles. The van der Waals surface area contributed by atoms with Crippen molar-refractivity contribution in [3.8, 4) is 5.75 Å². The van der Waals surface area contributed by atoms with E-state index in [4.69, 9.17) is 4.74 Å². The molecular weight excluding hydrogens is 320 g/mol. The molecule has 1 atom stereocenters. The molecule has 1 aromatic rings. The highest BCUT2D eigenvalue weighted by Gasteiger charge is 2.20. The largest absolute Gasteiger partial charge is 0.481 e. The van der Waals surface area contributed by atoms with Gasteiger partial charge in [-0.3, -0.25) is 4.79 Å². The Balaban J connectivity index is 2.73. The van der Waals surface area contributed by atoms with Crippen LogP contribution in [0.15, 0.2) is 22.7 Å². The third-order valence-electron chi connectivity index (χ3n) is 2.56. The number of carbonyl (C=O) groups excluding carboxylic acids is 1. The Morgan fingerprint density at radius 2 is 2.05 bits per heavy atom. The lowest BCUT2D eigenvalue weighted by Gasteiger charge is -2.23. The number of hydrogen-bond donors (Lipinski definition) is 2. The molecule has 0 fully saturated rings. The molecular formula is C15H23BrN2O2. The van der Waals surface area contributed by atoms with Crippen LogP contribution in [0.5, 0.6) is 5.75 Å². The summed E-state index contributed by atoms with van der Waals surface area (Å²) in [7, 11) is 1.89. The zero-order valence-corrected chi connectivity index (χ0v) is 14.3. The van der Waals surface area contributed by atoms with Crippen molar-refractivity contribution < 1.29 is 9.53 Å². The lowest BCUT2D eigenvalue weighted by atomic mass is 10.1. The third-order valence-corrected chi connectivity index (χ3v) is 3.34. The van der Waals surface area contributed by atoms with Gasteiger partial charge < -0.3 is 15.4 Å². The standard InChI is InChI=1S/C15H23BrN2O2/c1-10(14(19)18-15(2,3)4)20-12-6-7-13(16)11(8-12)9-17-5/h6-8,10,17H,9H2,1-5H3,(H,18,19). The molecule has 2 N–H and O–H groups in total. The second kappa shape index (κ2) is 7.09. The van der Waals surface area contributed by atoms with E-state index in [1.165, 1.54) is 0 Å². The molecule has 0 aliphatic heterocycles. The van der Waals surface area contributed by atoms with E-state index < -0.39 is 6.10 Å². The van der Waals surface area contributed by atoms with Gasteiger partial charge in [0, 0.05) is 16.6 Å². The summed E-state index contributed by atoms with van der Waals surface area (Å²) in [6, 6.07) is 5.71. The van der Waals surface area contributed by atoms with E-state index in [0.29, 0.717) is 5.75 Å².